The molecule has 1 N–H and O–H groups in total. The second-order valence-corrected chi connectivity index (χ2v) is 9.48. The number of Topliss-reactive ketones (excluding diaryl/α,β-unsaturated/α-hetero) is 1. The molecule has 0 bridgehead atoms. The molecule has 6 rings (SSSR count). The molecule has 8 heteroatoms. The van der Waals surface area contributed by atoms with Crippen molar-refractivity contribution in [3.63, 3.8) is 0 Å². The second-order valence-electron chi connectivity index (χ2n) is 9.48. The fourth-order valence-electron chi connectivity index (χ4n) is 5.15. The molecule has 4 aromatic heterocycles. The molecule has 5 heterocycles. The molecule has 0 unspecified atom stereocenters. The number of aryl methyl sites for hydroxylation is 1. The third-order valence-corrected chi connectivity index (χ3v) is 6.99. The Morgan fingerprint density at radius 1 is 1.08 bits per heavy atom. The number of pyridine rings is 2. The molecule has 1 aliphatic heterocycles. The smallest absolute Gasteiger partial charge is 0.213 e. The van der Waals surface area contributed by atoms with E-state index in [0.717, 1.165) is 65.9 Å². The number of carbonyl (C=O) groups is 1. The maximum absolute atomic E-state index is 13.3. The molecule has 8 nitrogen and oxygen atoms in total. The minimum atomic E-state index is 0.0328. The summed E-state index contributed by atoms with van der Waals surface area (Å²) in [5.74, 6) is 0.696. The number of piperidine rings is 1. The summed E-state index contributed by atoms with van der Waals surface area (Å²) in [4.78, 5) is 22.5. The van der Waals surface area contributed by atoms with Gasteiger partial charge in [0.05, 0.1) is 29.6 Å². The third-order valence-electron chi connectivity index (χ3n) is 6.99. The molecule has 5 aromatic rings. The van der Waals surface area contributed by atoms with E-state index < -0.39 is 0 Å². The fourth-order valence-corrected chi connectivity index (χ4v) is 5.15. The van der Waals surface area contributed by atoms with E-state index >= 15 is 0 Å². The number of imidazole rings is 1. The molecule has 0 saturated carbocycles. The van der Waals surface area contributed by atoms with Crippen LogP contribution in [0.25, 0.3) is 16.6 Å². The number of ether oxygens (including phenoxy) is 1. The van der Waals surface area contributed by atoms with Gasteiger partial charge in [-0.1, -0.05) is 31.2 Å². The zero-order chi connectivity index (χ0) is 25.2. The topological polar surface area (TPSA) is 86.3 Å². The van der Waals surface area contributed by atoms with Crippen molar-refractivity contribution in [1.29, 1.82) is 0 Å². The maximum atomic E-state index is 13.3. The molecule has 0 amide bonds. The number of hydrogen-bond donors (Lipinski definition) is 1. The first-order valence-electron chi connectivity index (χ1n) is 13.0. The summed E-state index contributed by atoms with van der Waals surface area (Å²) in [5, 5.41) is 9.34. The summed E-state index contributed by atoms with van der Waals surface area (Å²) in [6.07, 6.45) is 6.79. The van der Waals surface area contributed by atoms with Gasteiger partial charge in [0.25, 0.3) is 0 Å². The van der Waals surface area contributed by atoms with Gasteiger partial charge in [-0.05, 0) is 62.2 Å². The van der Waals surface area contributed by atoms with Crippen LogP contribution in [-0.4, -0.2) is 49.1 Å². The molecule has 1 aliphatic rings. The standard InChI is InChI=1S/C29H30N6O2/c1-2-23-29-20(17-26(36)25-18-31-27-10-3-4-16-34(25)27)7-5-9-24(29)35(33-23)19-21-8-6-11-28(32-21)37-22-12-14-30-15-13-22/h3-11,16,18,22,30H,2,12-15,17,19H2,1H3. The molecule has 188 valence electrons. The highest BCUT2D eigenvalue weighted by molar-refractivity contribution is 5.99. The quantitative estimate of drug-likeness (QED) is 0.325. The Kier molecular flexibility index (Phi) is 6.40. The van der Waals surface area contributed by atoms with E-state index in [1.165, 1.54) is 0 Å². The van der Waals surface area contributed by atoms with E-state index in [2.05, 4.69) is 23.3 Å². The van der Waals surface area contributed by atoms with Crippen LogP contribution in [0.5, 0.6) is 5.88 Å². The monoisotopic (exact) mass is 494 g/mol. The van der Waals surface area contributed by atoms with Crippen molar-refractivity contribution >= 4 is 22.3 Å². The lowest BCUT2D eigenvalue weighted by atomic mass is 10.0. The SMILES string of the molecule is CCc1nn(Cc2cccc(OC3CCNCC3)n2)c2cccc(CC(=O)c3cnc4ccccn34)c12. The minimum Gasteiger partial charge on any atom is -0.474 e. The Morgan fingerprint density at radius 2 is 1.95 bits per heavy atom. The van der Waals surface area contributed by atoms with Crippen LogP contribution in [0.15, 0.2) is 67.0 Å². The number of hydrogen-bond acceptors (Lipinski definition) is 6. The lowest BCUT2D eigenvalue weighted by molar-refractivity contribution is 0.0987. The normalized spacial score (nSPS) is 14.4. The van der Waals surface area contributed by atoms with Gasteiger partial charge in [-0.2, -0.15) is 5.10 Å². The average Bonchev–Trinajstić information content (AvgIpc) is 3.52. The summed E-state index contributed by atoms with van der Waals surface area (Å²) < 4.78 is 9.99. The van der Waals surface area contributed by atoms with Crippen LogP contribution in [0.1, 0.15) is 47.2 Å². The zero-order valence-corrected chi connectivity index (χ0v) is 20.9. The van der Waals surface area contributed by atoms with Crippen molar-refractivity contribution in [2.75, 3.05) is 13.1 Å². The Morgan fingerprint density at radius 3 is 2.81 bits per heavy atom. The van der Waals surface area contributed by atoms with Gasteiger partial charge in [0.2, 0.25) is 5.88 Å². The predicted octanol–water partition coefficient (Wildman–Crippen LogP) is 4.25. The van der Waals surface area contributed by atoms with Crippen molar-refractivity contribution < 1.29 is 9.53 Å². The molecule has 37 heavy (non-hydrogen) atoms. The van der Waals surface area contributed by atoms with Gasteiger partial charge in [0, 0.05) is 24.1 Å². The number of fused-ring (bicyclic) bond motifs is 2. The van der Waals surface area contributed by atoms with Crippen LogP contribution in [0, 0.1) is 0 Å². The van der Waals surface area contributed by atoms with Crippen molar-refractivity contribution in [1.82, 2.24) is 29.5 Å². The molecule has 1 saturated heterocycles. The summed E-state index contributed by atoms with van der Waals surface area (Å²) in [6, 6.07) is 17.7. The van der Waals surface area contributed by atoms with E-state index in [9.17, 15) is 4.79 Å². The van der Waals surface area contributed by atoms with Crippen LogP contribution in [0.3, 0.4) is 0 Å². The third kappa shape index (κ3) is 4.72. The number of nitrogens with one attached hydrogen (secondary N) is 1. The van der Waals surface area contributed by atoms with Crippen molar-refractivity contribution in [2.45, 2.75) is 45.3 Å². The molecular formula is C29H30N6O2. The highest BCUT2D eigenvalue weighted by Crippen LogP contribution is 2.26. The van der Waals surface area contributed by atoms with Crippen LogP contribution < -0.4 is 10.1 Å². The summed E-state index contributed by atoms with van der Waals surface area (Å²) >= 11 is 0. The number of nitrogens with zero attached hydrogens (tertiary/aromatic N) is 5. The molecule has 0 radical (unpaired) electrons. The maximum Gasteiger partial charge on any atom is 0.213 e. The second kappa shape index (κ2) is 10.1. The van der Waals surface area contributed by atoms with Crippen molar-refractivity contribution in [2.24, 2.45) is 0 Å². The lowest BCUT2D eigenvalue weighted by Gasteiger charge is -2.23. The number of aromatic nitrogens is 5. The molecule has 0 aliphatic carbocycles. The van der Waals surface area contributed by atoms with Crippen molar-refractivity contribution in [3.05, 3.63) is 89.6 Å². The average molecular weight is 495 g/mol. The van der Waals surface area contributed by atoms with Crippen molar-refractivity contribution in [3.8, 4) is 5.88 Å². The van der Waals surface area contributed by atoms with Gasteiger partial charge in [-0.3, -0.25) is 13.9 Å². The van der Waals surface area contributed by atoms with Gasteiger partial charge in [-0.15, -0.1) is 0 Å². The number of ketones is 1. The first-order valence-corrected chi connectivity index (χ1v) is 13.0. The summed E-state index contributed by atoms with van der Waals surface area (Å²) in [7, 11) is 0. The molecule has 1 fully saturated rings. The summed E-state index contributed by atoms with van der Waals surface area (Å²) in [6.45, 7) is 4.59. The largest absolute Gasteiger partial charge is 0.474 e. The van der Waals surface area contributed by atoms with E-state index in [-0.39, 0.29) is 18.3 Å². The Bertz CT molecular complexity index is 1560. The minimum absolute atomic E-state index is 0.0328. The van der Waals surface area contributed by atoms with E-state index in [1.807, 2.05) is 63.8 Å². The van der Waals surface area contributed by atoms with Crippen LogP contribution in [-0.2, 0) is 19.4 Å². The molecule has 1 aromatic carbocycles. The lowest BCUT2D eigenvalue weighted by Crippen LogP contribution is -2.34. The number of rotatable bonds is 8. The van der Waals surface area contributed by atoms with E-state index in [0.29, 0.717) is 18.1 Å². The van der Waals surface area contributed by atoms with Gasteiger partial charge in [0.1, 0.15) is 17.4 Å². The van der Waals surface area contributed by atoms with Gasteiger partial charge in [-0.25, -0.2) is 9.97 Å². The number of carbonyl (C=O) groups excluding carboxylic acids is 1. The predicted molar refractivity (Wildman–Crippen MR) is 142 cm³/mol. The first kappa shape index (κ1) is 23.4. The van der Waals surface area contributed by atoms with Gasteiger partial charge >= 0.3 is 0 Å². The highest BCUT2D eigenvalue weighted by Gasteiger charge is 2.19. The van der Waals surface area contributed by atoms with Crippen LogP contribution in [0.2, 0.25) is 0 Å². The fraction of sp³-hybridized carbons (Fsp3) is 0.310. The summed E-state index contributed by atoms with van der Waals surface area (Å²) in [5.41, 5.74) is 5.22. The Balaban J connectivity index is 1.28. The molecule has 0 spiro atoms. The molecule has 0 atom stereocenters. The van der Waals surface area contributed by atoms with E-state index in [4.69, 9.17) is 14.8 Å². The van der Waals surface area contributed by atoms with Crippen LogP contribution in [0.4, 0.5) is 0 Å². The molecular weight excluding hydrogens is 464 g/mol. The first-order chi connectivity index (χ1) is 18.2. The van der Waals surface area contributed by atoms with Gasteiger partial charge < -0.3 is 10.1 Å². The Labute approximate surface area is 215 Å². The Hall–Kier alpha value is -4.04. The zero-order valence-electron chi connectivity index (χ0n) is 20.9. The highest BCUT2D eigenvalue weighted by atomic mass is 16.5. The van der Waals surface area contributed by atoms with Gasteiger partial charge in [0.15, 0.2) is 5.78 Å². The van der Waals surface area contributed by atoms with E-state index in [1.54, 1.807) is 6.20 Å². The van der Waals surface area contributed by atoms with Crippen LogP contribution >= 0.6 is 0 Å². The number of benzene rings is 1.